The summed E-state index contributed by atoms with van der Waals surface area (Å²) < 4.78 is 5.32. The number of nitrogens with zero attached hydrogens (tertiary/aromatic N) is 1. The first-order valence-electron chi connectivity index (χ1n) is 9.17. The van der Waals surface area contributed by atoms with E-state index in [1.54, 1.807) is 31.3 Å². The Morgan fingerprint density at radius 1 is 1.00 bits per heavy atom. The fourth-order valence-corrected chi connectivity index (χ4v) is 2.34. The molecule has 150 valence electrons. The molecule has 0 aliphatic carbocycles. The van der Waals surface area contributed by atoms with E-state index in [4.69, 9.17) is 9.84 Å². The zero-order valence-electron chi connectivity index (χ0n) is 16.6. The van der Waals surface area contributed by atoms with Gasteiger partial charge in [0.15, 0.2) is 0 Å². The van der Waals surface area contributed by atoms with E-state index in [0.29, 0.717) is 24.2 Å². The van der Waals surface area contributed by atoms with Gasteiger partial charge >= 0.3 is 12.1 Å². The van der Waals surface area contributed by atoms with Crippen molar-refractivity contribution in [3.63, 3.8) is 0 Å². The lowest BCUT2D eigenvalue weighted by molar-refractivity contribution is -0.137. The highest BCUT2D eigenvalue weighted by atomic mass is 16.6. The number of anilines is 2. The summed E-state index contributed by atoms with van der Waals surface area (Å²) in [6.07, 6.45) is 3.14. The maximum Gasteiger partial charge on any atom is 0.414 e. The molecule has 0 aromatic heterocycles. The molecule has 0 saturated heterocycles. The minimum Gasteiger partial charge on any atom is -0.481 e. The Balaban J connectivity index is 2.40. The third-order valence-electron chi connectivity index (χ3n) is 3.75. The molecule has 0 atom stereocenters. The number of hydrogen-bond donors (Lipinski definition) is 2. The summed E-state index contributed by atoms with van der Waals surface area (Å²) in [6, 6.07) is 6.96. The lowest BCUT2D eigenvalue weighted by Crippen LogP contribution is -2.34. The molecule has 0 radical (unpaired) electrons. The number of amides is 2. The molecule has 7 nitrogen and oxygen atoms in total. The molecule has 1 aromatic carbocycles. The highest BCUT2D eigenvalue weighted by Gasteiger charge is 2.20. The predicted molar refractivity (Wildman–Crippen MR) is 105 cm³/mol. The van der Waals surface area contributed by atoms with Gasteiger partial charge in [0.25, 0.3) is 0 Å². The quantitative estimate of drug-likeness (QED) is 0.620. The lowest BCUT2D eigenvalue weighted by atomic mass is 10.1. The van der Waals surface area contributed by atoms with Crippen LogP contribution in [0, 0.1) is 0 Å². The maximum absolute atomic E-state index is 12.1. The summed E-state index contributed by atoms with van der Waals surface area (Å²) in [5.41, 5.74) is 0.764. The smallest absolute Gasteiger partial charge is 0.414 e. The predicted octanol–water partition coefficient (Wildman–Crippen LogP) is 4.42. The van der Waals surface area contributed by atoms with Crippen LogP contribution in [0.2, 0.25) is 0 Å². The molecule has 1 rings (SSSR count). The maximum atomic E-state index is 12.1. The Morgan fingerprint density at radius 3 is 2.07 bits per heavy atom. The first-order valence-corrected chi connectivity index (χ1v) is 9.17. The molecule has 0 saturated carbocycles. The first kappa shape index (κ1) is 22.5. The number of carbonyl (C=O) groups excluding carboxylic acids is 2. The van der Waals surface area contributed by atoms with E-state index >= 15 is 0 Å². The third kappa shape index (κ3) is 9.63. The minimum atomic E-state index is -0.784. The number of unbranched alkanes of at least 4 members (excludes halogenated alkanes) is 3. The Kier molecular flexibility index (Phi) is 8.78. The zero-order valence-corrected chi connectivity index (χ0v) is 16.6. The molecule has 2 N–H and O–H groups in total. The molecule has 0 aliphatic rings. The topological polar surface area (TPSA) is 95.9 Å². The van der Waals surface area contributed by atoms with Crippen LogP contribution >= 0.6 is 0 Å². The van der Waals surface area contributed by atoms with Crippen molar-refractivity contribution < 1.29 is 24.2 Å². The van der Waals surface area contributed by atoms with E-state index in [-0.39, 0.29) is 12.3 Å². The molecular formula is C20H30N2O5. The van der Waals surface area contributed by atoms with Gasteiger partial charge in [-0.25, -0.2) is 4.79 Å². The van der Waals surface area contributed by atoms with Crippen LogP contribution in [-0.4, -0.2) is 35.7 Å². The molecule has 0 spiro atoms. The number of nitrogens with one attached hydrogen (secondary N) is 1. The van der Waals surface area contributed by atoms with Crippen molar-refractivity contribution in [3.8, 4) is 0 Å². The van der Waals surface area contributed by atoms with Crippen LogP contribution in [0.4, 0.5) is 16.2 Å². The summed E-state index contributed by atoms with van der Waals surface area (Å²) >= 11 is 0. The summed E-state index contributed by atoms with van der Waals surface area (Å²) in [6.45, 7) is 5.43. The molecule has 0 bridgehead atoms. The second kappa shape index (κ2) is 10.5. The van der Waals surface area contributed by atoms with E-state index in [9.17, 15) is 14.4 Å². The van der Waals surface area contributed by atoms with Gasteiger partial charge in [-0.1, -0.05) is 12.8 Å². The van der Waals surface area contributed by atoms with Crippen molar-refractivity contribution in [1.29, 1.82) is 0 Å². The van der Waals surface area contributed by atoms with Gasteiger partial charge in [0, 0.05) is 31.3 Å². The first-order chi connectivity index (χ1) is 12.6. The van der Waals surface area contributed by atoms with Crippen molar-refractivity contribution in [2.75, 3.05) is 17.3 Å². The minimum absolute atomic E-state index is 0.0820. The number of ether oxygens (including phenoxy) is 1. The number of benzene rings is 1. The van der Waals surface area contributed by atoms with Crippen LogP contribution in [0.1, 0.15) is 59.3 Å². The highest BCUT2D eigenvalue weighted by molar-refractivity contribution is 5.91. The van der Waals surface area contributed by atoms with Gasteiger partial charge in [0.2, 0.25) is 5.91 Å². The van der Waals surface area contributed by atoms with Gasteiger partial charge in [0.1, 0.15) is 5.60 Å². The van der Waals surface area contributed by atoms with E-state index in [1.165, 1.54) is 4.90 Å². The van der Waals surface area contributed by atoms with E-state index < -0.39 is 17.7 Å². The largest absolute Gasteiger partial charge is 0.481 e. The summed E-state index contributed by atoms with van der Waals surface area (Å²) in [5, 5.41) is 11.4. The SMILES string of the molecule is CN(C(=O)OC(C)(C)C)c1ccc(NC(=O)CCCCCCC(=O)O)cc1. The Bertz CT molecular complexity index is 635. The molecule has 1 aromatic rings. The van der Waals surface area contributed by atoms with Gasteiger partial charge in [-0.2, -0.15) is 0 Å². The summed E-state index contributed by atoms with van der Waals surface area (Å²) in [4.78, 5) is 35.8. The zero-order chi connectivity index (χ0) is 20.4. The molecule has 27 heavy (non-hydrogen) atoms. The molecule has 0 unspecified atom stereocenters. The molecule has 0 heterocycles. The van der Waals surface area contributed by atoms with Crippen LogP contribution in [0.15, 0.2) is 24.3 Å². The monoisotopic (exact) mass is 378 g/mol. The van der Waals surface area contributed by atoms with Crippen LogP contribution < -0.4 is 10.2 Å². The number of rotatable bonds is 9. The highest BCUT2D eigenvalue weighted by Crippen LogP contribution is 2.19. The van der Waals surface area contributed by atoms with Gasteiger partial charge < -0.3 is 15.2 Å². The molecule has 0 fully saturated rings. The van der Waals surface area contributed by atoms with Crippen LogP contribution in [0.25, 0.3) is 0 Å². The second-order valence-electron chi connectivity index (χ2n) is 7.44. The average Bonchev–Trinajstić information content (AvgIpc) is 2.56. The van der Waals surface area contributed by atoms with Crippen LogP contribution in [0.5, 0.6) is 0 Å². The van der Waals surface area contributed by atoms with Gasteiger partial charge in [-0.05, 0) is 57.9 Å². The molecule has 2 amide bonds. The molecule has 0 aliphatic heterocycles. The van der Waals surface area contributed by atoms with Gasteiger partial charge in [-0.15, -0.1) is 0 Å². The Morgan fingerprint density at radius 2 is 1.56 bits per heavy atom. The van der Waals surface area contributed by atoms with Crippen molar-refractivity contribution in [2.45, 2.75) is 64.9 Å². The van der Waals surface area contributed by atoms with Gasteiger partial charge in [-0.3, -0.25) is 14.5 Å². The fraction of sp³-hybridized carbons (Fsp3) is 0.550. The number of hydrogen-bond acceptors (Lipinski definition) is 4. The Hall–Kier alpha value is -2.57. The van der Waals surface area contributed by atoms with E-state index in [1.807, 2.05) is 20.8 Å². The van der Waals surface area contributed by atoms with Gasteiger partial charge in [0.05, 0.1) is 0 Å². The summed E-state index contributed by atoms with van der Waals surface area (Å²) in [7, 11) is 1.63. The van der Waals surface area contributed by atoms with Crippen LogP contribution in [-0.2, 0) is 14.3 Å². The number of aliphatic carboxylic acids is 1. The molecular weight excluding hydrogens is 348 g/mol. The molecule has 7 heteroatoms. The van der Waals surface area contributed by atoms with Crippen molar-refractivity contribution in [2.24, 2.45) is 0 Å². The second-order valence-corrected chi connectivity index (χ2v) is 7.44. The lowest BCUT2D eigenvalue weighted by Gasteiger charge is -2.24. The van der Waals surface area contributed by atoms with Crippen molar-refractivity contribution in [3.05, 3.63) is 24.3 Å². The van der Waals surface area contributed by atoms with Crippen molar-refractivity contribution in [1.82, 2.24) is 0 Å². The standard InChI is InChI=1S/C20H30N2O5/c1-20(2,3)27-19(26)22(4)16-13-11-15(12-14-16)21-17(23)9-7-5-6-8-10-18(24)25/h11-14H,5-10H2,1-4H3,(H,21,23)(H,24,25). The normalized spacial score (nSPS) is 11.0. The summed E-state index contributed by atoms with van der Waals surface area (Å²) in [5.74, 6) is -0.866. The Labute approximate surface area is 160 Å². The van der Waals surface area contributed by atoms with E-state index in [0.717, 1.165) is 19.3 Å². The fourth-order valence-electron chi connectivity index (χ4n) is 2.34. The average molecular weight is 378 g/mol. The third-order valence-corrected chi connectivity index (χ3v) is 3.75. The number of carboxylic acids is 1. The van der Waals surface area contributed by atoms with Crippen molar-refractivity contribution >= 4 is 29.3 Å². The van der Waals surface area contributed by atoms with E-state index in [2.05, 4.69) is 5.32 Å². The number of carbonyl (C=O) groups is 3. The number of carboxylic acid groups (broad SMARTS) is 1. The van der Waals surface area contributed by atoms with Crippen LogP contribution in [0.3, 0.4) is 0 Å².